The van der Waals surface area contributed by atoms with Crippen LogP contribution in [0.1, 0.15) is 44.3 Å². The van der Waals surface area contributed by atoms with Crippen LogP contribution >= 0.6 is 15.9 Å². The highest BCUT2D eigenvalue weighted by molar-refractivity contribution is 9.10. The first-order valence-corrected chi connectivity index (χ1v) is 7.78. The van der Waals surface area contributed by atoms with Gasteiger partial charge < -0.3 is 9.84 Å². The Labute approximate surface area is 128 Å². The van der Waals surface area contributed by atoms with Gasteiger partial charge in [0.15, 0.2) is 0 Å². The van der Waals surface area contributed by atoms with Gasteiger partial charge in [0.25, 0.3) is 0 Å². The summed E-state index contributed by atoms with van der Waals surface area (Å²) < 4.78 is 6.00. The lowest BCUT2D eigenvalue weighted by Gasteiger charge is -2.28. The minimum atomic E-state index is -0.744. The van der Waals surface area contributed by atoms with Crippen molar-refractivity contribution < 1.29 is 9.84 Å². The first-order valence-electron chi connectivity index (χ1n) is 6.99. The van der Waals surface area contributed by atoms with Crippen LogP contribution in [-0.2, 0) is 0 Å². The molecule has 3 unspecified atom stereocenters. The predicted octanol–water partition coefficient (Wildman–Crippen LogP) is 4.21. The molecule has 20 heavy (non-hydrogen) atoms. The van der Waals surface area contributed by atoms with Crippen LogP contribution in [0.25, 0.3) is 0 Å². The van der Waals surface area contributed by atoms with Gasteiger partial charge in [-0.3, -0.25) is 0 Å². The molecular formula is C16H20BrNO2. The van der Waals surface area contributed by atoms with Crippen molar-refractivity contribution in [1.82, 2.24) is 0 Å². The normalized spacial score (nSPS) is 27.1. The largest absolute Gasteiger partial charge is 0.496 e. The average molecular weight is 338 g/mol. The molecule has 4 heteroatoms. The molecule has 0 bridgehead atoms. The van der Waals surface area contributed by atoms with E-state index < -0.39 is 11.5 Å². The SMILES string of the molecule is CCC1CCC(C#N)(C(O)c2ccc(OC)c(Br)c2)C1. The number of halogens is 1. The number of aliphatic hydroxyl groups is 1. The maximum Gasteiger partial charge on any atom is 0.133 e. The number of benzene rings is 1. The van der Waals surface area contributed by atoms with Gasteiger partial charge in [0.2, 0.25) is 0 Å². The van der Waals surface area contributed by atoms with Gasteiger partial charge >= 0.3 is 0 Å². The fraction of sp³-hybridized carbons (Fsp3) is 0.562. The molecule has 1 aliphatic rings. The topological polar surface area (TPSA) is 53.2 Å². The Morgan fingerprint density at radius 2 is 2.35 bits per heavy atom. The van der Waals surface area contributed by atoms with Crippen molar-refractivity contribution in [1.29, 1.82) is 5.26 Å². The average Bonchev–Trinajstić information content (AvgIpc) is 2.91. The fourth-order valence-electron chi connectivity index (χ4n) is 3.11. The molecule has 0 aliphatic heterocycles. The zero-order valence-corrected chi connectivity index (χ0v) is 13.5. The third-order valence-electron chi connectivity index (χ3n) is 4.47. The van der Waals surface area contributed by atoms with E-state index in [1.54, 1.807) is 7.11 Å². The summed E-state index contributed by atoms with van der Waals surface area (Å²) in [6, 6.07) is 7.90. The van der Waals surface area contributed by atoms with Crippen molar-refractivity contribution in [2.24, 2.45) is 11.3 Å². The minimum Gasteiger partial charge on any atom is -0.496 e. The number of ether oxygens (including phenoxy) is 1. The van der Waals surface area contributed by atoms with Gasteiger partial charge in [0, 0.05) is 0 Å². The molecule has 1 N–H and O–H groups in total. The lowest BCUT2D eigenvalue weighted by molar-refractivity contribution is 0.0640. The van der Waals surface area contributed by atoms with Gasteiger partial charge in [-0.15, -0.1) is 0 Å². The first kappa shape index (κ1) is 15.3. The molecule has 0 radical (unpaired) electrons. The summed E-state index contributed by atoms with van der Waals surface area (Å²) in [4.78, 5) is 0. The van der Waals surface area contributed by atoms with Crippen LogP contribution in [-0.4, -0.2) is 12.2 Å². The number of methoxy groups -OCH3 is 1. The Morgan fingerprint density at radius 3 is 2.85 bits per heavy atom. The molecule has 108 valence electrons. The van der Waals surface area contributed by atoms with Crippen LogP contribution in [0.4, 0.5) is 0 Å². The molecule has 3 atom stereocenters. The third kappa shape index (κ3) is 2.70. The fourth-order valence-corrected chi connectivity index (χ4v) is 3.67. The molecule has 1 saturated carbocycles. The molecule has 1 aromatic carbocycles. The van der Waals surface area contributed by atoms with Gasteiger partial charge in [0.1, 0.15) is 5.75 Å². The number of hydrogen-bond donors (Lipinski definition) is 1. The van der Waals surface area contributed by atoms with Crippen LogP contribution in [0.2, 0.25) is 0 Å². The summed E-state index contributed by atoms with van der Waals surface area (Å²) in [7, 11) is 1.61. The molecule has 0 heterocycles. The molecule has 2 rings (SSSR count). The number of nitriles is 1. The summed E-state index contributed by atoms with van der Waals surface area (Å²) in [5.74, 6) is 1.27. The maximum atomic E-state index is 10.7. The van der Waals surface area contributed by atoms with Crippen molar-refractivity contribution in [2.45, 2.75) is 38.7 Å². The second-order valence-electron chi connectivity index (χ2n) is 5.58. The highest BCUT2D eigenvalue weighted by Gasteiger charge is 2.45. The van der Waals surface area contributed by atoms with Gasteiger partial charge in [-0.05, 0) is 58.8 Å². The summed E-state index contributed by atoms with van der Waals surface area (Å²) >= 11 is 3.43. The molecule has 0 saturated heterocycles. The Morgan fingerprint density at radius 1 is 1.60 bits per heavy atom. The lowest BCUT2D eigenvalue weighted by Crippen LogP contribution is -2.24. The monoisotopic (exact) mass is 337 g/mol. The van der Waals surface area contributed by atoms with Gasteiger partial charge in [0.05, 0.1) is 29.2 Å². The van der Waals surface area contributed by atoms with Gasteiger partial charge in [-0.2, -0.15) is 5.26 Å². The number of rotatable bonds is 4. The Balaban J connectivity index is 2.28. The van der Waals surface area contributed by atoms with Crippen LogP contribution < -0.4 is 4.74 Å². The van der Waals surface area contributed by atoms with E-state index >= 15 is 0 Å². The minimum absolute atomic E-state index is 0.547. The van der Waals surface area contributed by atoms with Crippen molar-refractivity contribution in [3.05, 3.63) is 28.2 Å². The van der Waals surface area contributed by atoms with E-state index in [0.717, 1.165) is 41.5 Å². The number of aliphatic hydroxyl groups excluding tert-OH is 1. The molecule has 1 fully saturated rings. The van der Waals surface area contributed by atoms with Crippen molar-refractivity contribution in [2.75, 3.05) is 7.11 Å². The van der Waals surface area contributed by atoms with E-state index in [9.17, 15) is 10.4 Å². The van der Waals surface area contributed by atoms with Crippen LogP contribution in [0.15, 0.2) is 22.7 Å². The third-order valence-corrected chi connectivity index (χ3v) is 5.09. The van der Waals surface area contributed by atoms with Crippen LogP contribution in [0.5, 0.6) is 5.75 Å². The molecule has 3 nitrogen and oxygen atoms in total. The second kappa shape index (κ2) is 6.15. The maximum absolute atomic E-state index is 10.7. The molecule has 0 aromatic heterocycles. The van der Waals surface area contributed by atoms with E-state index in [1.165, 1.54) is 0 Å². The Kier molecular flexibility index (Phi) is 4.72. The van der Waals surface area contributed by atoms with Crippen LogP contribution in [0.3, 0.4) is 0 Å². The highest BCUT2D eigenvalue weighted by atomic mass is 79.9. The molecule has 0 amide bonds. The zero-order valence-electron chi connectivity index (χ0n) is 11.9. The number of nitrogens with zero attached hydrogens (tertiary/aromatic N) is 1. The quantitative estimate of drug-likeness (QED) is 0.895. The molecule has 1 aliphatic carbocycles. The first-order chi connectivity index (χ1) is 9.56. The highest BCUT2D eigenvalue weighted by Crippen LogP contribution is 2.50. The second-order valence-corrected chi connectivity index (χ2v) is 6.44. The Bertz CT molecular complexity index is 526. The zero-order chi connectivity index (χ0) is 14.8. The van der Waals surface area contributed by atoms with Gasteiger partial charge in [-0.1, -0.05) is 19.4 Å². The summed E-state index contributed by atoms with van der Waals surface area (Å²) in [6.07, 6.45) is 2.91. The van der Waals surface area contributed by atoms with E-state index in [-0.39, 0.29) is 0 Å². The van der Waals surface area contributed by atoms with Crippen molar-refractivity contribution in [3.63, 3.8) is 0 Å². The summed E-state index contributed by atoms with van der Waals surface area (Å²) in [6.45, 7) is 2.15. The van der Waals surface area contributed by atoms with Gasteiger partial charge in [-0.25, -0.2) is 0 Å². The lowest BCUT2D eigenvalue weighted by atomic mass is 9.78. The summed E-state index contributed by atoms with van der Waals surface area (Å²) in [5.41, 5.74) is 0.130. The van der Waals surface area contributed by atoms with E-state index in [4.69, 9.17) is 4.74 Å². The van der Waals surface area contributed by atoms with Crippen molar-refractivity contribution >= 4 is 15.9 Å². The van der Waals surface area contributed by atoms with E-state index in [0.29, 0.717) is 5.92 Å². The Hall–Kier alpha value is -1.05. The molecule has 1 aromatic rings. The standard InChI is InChI=1S/C16H20BrNO2/c1-3-11-6-7-16(9-11,10-18)15(19)12-4-5-14(20-2)13(17)8-12/h4-5,8,11,15,19H,3,6-7,9H2,1-2H3. The molecular weight excluding hydrogens is 318 g/mol. The van der Waals surface area contributed by atoms with E-state index in [2.05, 4.69) is 28.9 Å². The smallest absolute Gasteiger partial charge is 0.133 e. The predicted molar refractivity (Wildman–Crippen MR) is 81.3 cm³/mol. The molecule has 0 spiro atoms. The van der Waals surface area contributed by atoms with Crippen molar-refractivity contribution in [3.8, 4) is 11.8 Å². The number of hydrogen-bond acceptors (Lipinski definition) is 3. The van der Waals surface area contributed by atoms with E-state index in [1.807, 2.05) is 18.2 Å². The summed E-state index contributed by atoms with van der Waals surface area (Å²) in [5, 5.41) is 20.3. The van der Waals surface area contributed by atoms with Crippen LogP contribution in [0, 0.1) is 22.7 Å².